The number of benzene rings is 1. The molecule has 0 N–H and O–H groups in total. The Hall–Kier alpha value is -1.29. The summed E-state index contributed by atoms with van der Waals surface area (Å²) in [6, 6.07) is 6.16. The Kier molecular flexibility index (Phi) is 2.89. The van der Waals surface area contributed by atoms with Crippen molar-refractivity contribution < 1.29 is 4.74 Å². The molecule has 17 heavy (non-hydrogen) atoms. The largest absolute Gasteiger partial charge is 0.492 e. The van der Waals surface area contributed by atoms with E-state index < -0.39 is 0 Å². The number of thiazole rings is 1. The van der Waals surface area contributed by atoms with Crippen LogP contribution in [-0.2, 0) is 0 Å². The second-order valence-corrected chi connectivity index (χ2v) is 5.24. The average molecular weight is 248 g/mol. The lowest BCUT2D eigenvalue weighted by Crippen LogP contribution is -2.16. The summed E-state index contributed by atoms with van der Waals surface area (Å²) in [6.07, 6.45) is 2.57. The molecular formula is C13H16N2OS. The summed E-state index contributed by atoms with van der Waals surface area (Å²) in [7, 11) is 0. The Morgan fingerprint density at radius 1 is 1.35 bits per heavy atom. The minimum absolute atomic E-state index is 0.690. The van der Waals surface area contributed by atoms with E-state index >= 15 is 0 Å². The first-order chi connectivity index (χ1) is 8.38. The van der Waals surface area contributed by atoms with Crippen molar-refractivity contribution >= 4 is 26.7 Å². The Bertz CT molecular complexity index is 517. The zero-order chi connectivity index (χ0) is 11.7. The Balaban J connectivity index is 2.02. The second kappa shape index (κ2) is 4.53. The first-order valence-corrected chi connectivity index (χ1v) is 6.97. The molecule has 0 aliphatic carbocycles. The van der Waals surface area contributed by atoms with Gasteiger partial charge in [-0.2, -0.15) is 0 Å². The van der Waals surface area contributed by atoms with Crippen LogP contribution < -0.4 is 9.64 Å². The maximum Gasteiger partial charge on any atom is 0.186 e. The van der Waals surface area contributed by atoms with E-state index in [2.05, 4.69) is 11.0 Å². The zero-order valence-electron chi connectivity index (χ0n) is 9.98. The predicted octanol–water partition coefficient (Wildman–Crippen LogP) is 3.30. The number of aromatic nitrogens is 1. The highest BCUT2D eigenvalue weighted by atomic mass is 32.1. The summed E-state index contributed by atoms with van der Waals surface area (Å²) < 4.78 is 6.84. The molecule has 1 saturated heterocycles. The highest BCUT2D eigenvalue weighted by molar-refractivity contribution is 7.22. The quantitative estimate of drug-likeness (QED) is 0.833. The standard InChI is InChI=1S/C13H16N2OS/c1-2-16-10-6-5-7-11-12(10)14-13(17-11)15-8-3-4-9-15/h5-7H,2-4,8-9H2,1H3. The van der Waals surface area contributed by atoms with E-state index in [0.29, 0.717) is 6.61 Å². The number of para-hydroxylation sites is 1. The summed E-state index contributed by atoms with van der Waals surface area (Å²) in [4.78, 5) is 7.11. The van der Waals surface area contributed by atoms with Gasteiger partial charge in [-0.1, -0.05) is 17.4 Å². The Morgan fingerprint density at radius 3 is 2.94 bits per heavy atom. The normalized spacial score (nSPS) is 15.7. The number of rotatable bonds is 3. The van der Waals surface area contributed by atoms with E-state index in [4.69, 9.17) is 9.72 Å². The molecule has 1 fully saturated rings. The van der Waals surface area contributed by atoms with Gasteiger partial charge in [0.1, 0.15) is 11.3 Å². The van der Waals surface area contributed by atoms with Gasteiger partial charge in [-0.05, 0) is 31.9 Å². The number of anilines is 1. The summed E-state index contributed by atoms with van der Waals surface area (Å²) in [5, 5.41) is 1.14. The van der Waals surface area contributed by atoms with E-state index in [-0.39, 0.29) is 0 Å². The molecule has 3 rings (SSSR count). The number of fused-ring (bicyclic) bond motifs is 1. The van der Waals surface area contributed by atoms with E-state index in [9.17, 15) is 0 Å². The third kappa shape index (κ3) is 1.97. The topological polar surface area (TPSA) is 25.4 Å². The van der Waals surface area contributed by atoms with Gasteiger partial charge in [-0.25, -0.2) is 4.98 Å². The van der Waals surface area contributed by atoms with E-state index in [1.807, 2.05) is 19.1 Å². The van der Waals surface area contributed by atoms with E-state index in [1.165, 1.54) is 17.5 Å². The molecule has 1 aromatic heterocycles. The molecule has 0 amide bonds. The molecule has 90 valence electrons. The lowest BCUT2D eigenvalue weighted by Gasteiger charge is -2.11. The van der Waals surface area contributed by atoms with Crippen LogP contribution in [0.5, 0.6) is 5.75 Å². The van der Waals surface area contributed by atoms with Crippen molar-refractivity contribution in [2.24, 2.45) is 0 Å². The monoisotopic (exact) mass is 248 g/mol. The van der Waals surface area contributed by atoms with Crippen molar-refractivity contribution in [3.8, 4) is 5.75 Å². The molecule has 4 heteroatoms. The third-order valence-corrected chi connectivity index (χ3v) is 4.13. The van der Waals surface area contributed by atoms with Crippen molar-refractivity contribution in [1.29, 1.82) is 0 Å². The fourth-order valence-electron chi connectivity index (χ4n) is 2.23. The molecule has 0 bridgehead atoms. The summed E-state index contributed by atoms with van der Waals surface area (Å²) >= 11 is 1.77. The van der Waals surface area contributed by atoms with Crippen molar-refractivity contribution in [2.75, 3.05) is 24.6 Å². The van der Waals surface area contributed by atoms with Gasteiger partial charge in [-0.3, -0.25) is 0 Å². The van der Waals surface area contributed by atoms with Crippen LogP contribution in [0.3, 0.4) is 0 Å². The van der Waals surface area contributed by atoms with Crippen LogP contribution >= 0.6 is 11.3 Å². The summed E-state index contributed by atoms with van der Waals surface area (Å²) in [5.41, 5.74) is 1.02. The smallest absolute Gasteiger partial charge is 0.186 e. The maximum absolute atomic E-state index is 5.62. The van der Waals surface area contributed by atoms with Gasteiger partial charge in [0, 0.05) is 13.1 Å². The van der Waals surface area contributed by atoms with Crippen LogP contribution in [0.1, 0.15) is 19.8 Å². The summed E-state index contributed by atoms with van der Waals surface area (Å²) in [6.45, 7) is 4.98. The molecule has 1 aliphatic heterocycles. The van der Waals surface area contributed by atoms with Gasteiger partial charge in [-0.15, -0.1) is 0 Å². The predicted molar refractivity (Wildman–Crippen MR) is 72.2 cm³/mol. The number of nitrogens with zero attached hydrogens (tertiary/aromatic N) is 2. The molecule has 2 heterocycles. The Labute approximate surface area is 105 Å². The summed E-state index contributed by atoms with van der Waals surface area (Å²) in [5.74, 6) is 0.909. The molecule has 2 aromatic rings. The van der Waals surface area contributed by atoms with Crippen LogP contribution in [-0.4, -0.2) is 24.7 Å². The minimum Gasteiger partial charge on any atom is -0.492 e. The van der Waals surface area contributed by atoms with Gasteiger partial charge in [0.25, 0.3) is 0 Å². The minimum atomic E-state index is 0.690. The number of ether oxygens (including phenoxy) is 1. The van der Waals surface area contributed by atoms with Crippen LogP contribution in [0.4, 0.5) is 5.13 Å². The fraction of sp³-hybridized carbons (Fsp3) is 0.462. The van der Waals surface area contributed by atoms with Crippen molar-refractivity contribution in [2.45, 2.75) is 19.8 Å². The van der Waals surface area contributed by atoms with Crippen LogP contribution in [0, 0.1) is 0 Å². The van der Waals surface area contributed by atoms with E-state index in [1.54, 1.807) is 11.3 Å². The first kappa shape index (κ1) is 10.8. The molecule has 0 unspecified atom stereocenters. The van der Waals surface area contributed by atoms with Crippen molar-refractivity contribution in [1.82, 2.24) is 4.98 Å². The number of hydrogen-bond donors (Lipinski definition) is 0. The maximum atomic E-state index is 5.62. The fourth-order valence-corrected chi connectivity index (χ4v) is 3.26. The second-order valence-electron chi connectivity index (χ2n) is 4.23. The molecule has 1 aromatic carbocycles. The molecule has 0 spiro atoms. The van der Waals surface area contributed by atoms with Crippen LogP contribution in [0.25, 0.3) is 10.2 Å². The highest BCUT2D eigenvalue weighted by Gasteiger charge is 2.17. The van der Waals surface area contributed by atoms with Gasteiger partial charge in [0.2, 0.25) is 0 Å². The lowest BCUT2D eigenvalue weighted by atomic mass is 10.3. The molecule has 0 radical (unpaired) electrons. The van der Waals surface area contributed by atoms with Gasteiger partial charge in [0.15, 0.2) is 5.13 Å². The molecule has 0 atom stereocenters. The first-order valence-electron chi connectivity index (χ1n) is 6.16. The van der Waals surface area contributed by atoms with Gasteiger partial charge in [0.05, 0.1) is 11.3 Å². The van der Waals surface area contributed by atoms with Crippen LogP contribution in [0.2, 0.25) is 0 Å². The zero-order valence-corrected chi connectivity index (χ0v) is 10.8. The highest BCUT2D eigenvalue weighted by Crippen LogP contribution is 2.35. The van der Waals surface area contributed by atoms with Crippen molar-refractivity contribution in [3.05, 3.63) is 18.2 Å². The molecule has 0 saturated carbocycles. The van der Waals surface area contributed by atoms with Gasteiger partial charge < -0.3 is 9.64 Å². The SMILES string of the molecule is CCOc1cccc2sc(N3CCCC3)nc12. The molecular weight excluding hydrogens is 232 g/mol. The third-order valence-electron chi connectivity index (χ3n) is 3.05. The Morgan fingerprint density at radius 2 is 2.18 bits per heavy atom. The van der Waals surface area contributed by atoms with Gasteiger partial charge >= 0.3 is 0 Å². The number of hydrogen-bond acceptors (Lipinski definition) is 4. The van der Waals surface area contributed by atoms with Crippen molar-refractivity contribution in [3.63, 3.8) is 0 Å². The molecule has 3 nitrogen and oxygen atoms in total. The lowest BCUT2D eigenvalue weighted by molar-refractivity contribution is 0.344. The average Bonchev–Trinajstić information content (AvgIpc) is 2.98. The van der Waals surface area contributed by atoms with E-state index in [0.717, 1.165) is 29.5 Å². The van der Waals surface area contributed by atoms with Crippen LogP contribution in [0.15, 0.2) is 18.2 Å². The molecule has 1 aliphatic rings.